The average Bonchev–Trinajstić information content (AvgIpc) is 3.72. The Morgan fingerprint density at radius 1 is 0.902 bits per heavy atom. The molecule has 218 valence electrons. The molecular weight excluding hydrogens is 496 g/mol. The lowest BCUT2D eigenvalue weighted by Crippen LogP contribution is -2.41. The van der Waals surface area contributed by atoms with Crippen LogP contribution < -0.4 is 0 Å². The fraction of sp³-hybridized carbons (Fsp3) is 0.550. The third-order valence-corrected chi connectivity index (χ3v) is 11.2. The Hall–Kier alpha value is -2.38. The molecule has 3 aromatic rings. The molecule has 0 radical (unpaired) electrons. The van der Waals surface area contributed by atoms with Crippen molar-refractivity contribution < 1.29 is 4.74 Å². The molecule has 0 heterocycles. The molecule has 1 heteroatoms. The molecule has 0 amide bonds. The second kappa shape index (κ2) is 12.5. The molecule has 3 aliphatic rings. The van der Waals surface area contributed by atoms with Crippen molar-refractivity contribution in [3.8, 4) is 0 Å². The summed E-state index contributed by atoms with van der Waals surface area (Å²) in [5.41, 5.74) is 11.0. The first-order valence-electron chi connectivity index (χ1n) is 16.8. The maximum absolute atomic E-state index is 6.11. The standard InChI is InChI=1S/C40H52O/c1-5-6-12-33(39(41-4)36-27-29(36)3)14-9-11-30-18-20-32(21-19-30)38-35-22-17-28(2)26-34(35)23-25-40(38)24-10-15-31-13-7-8-16-37(31)40/h7-8,13,16-22,26,29,33,36,38-39H,5-6,9-12,14-15,23-25,27H2,1-4H3/t29?,33?,36?,38-,39?,40-/m0/s1. The van der Waals surface area contributed by atoms with Gasteiger partial charge in [0, 0.05) is 18.4 Å². The van der Waals surface area contributed by atoms with Crippen molar-refractivity contribution >= 4 is 0 Å². The molecule has 0 aromatic heterocycles. The van der Waals surface area contributed by atoms with Crippen LogP contribution in [0.5, 0.6) is 0 Å². The van der Waals surface area contributed by atoms with Gasteiger partial charge in [-0.1, -0.05) is 99.0 Å². The first-order valence-corrected chi connectivity index (χ1v) is 16.8. The summed E-state index contributed by atoms with van der Waals surface area (Å²) >= 11 is 0. The molecule has 6 rings (SSSR count). The summed E-state index contributed by atoms with van der Waals surface area (Å²) < 4.78 is 6.11. The lowest BCUT2D eigenvalue weighted by Gasteiger charge is -2.49. The number of hydrogen-bond acceptors (Lipinski definition) is 1. The van der Waals surface area contributed by atoms with E-state index in [0.717, 1.165) is 11.8 Å². The summed E-state index contributed by atoms with van der Waals surface area (Å²) in [7, 11) is 1.95. The van der Waals surface area contributed by atoms with Crippen LogP contribution in [0.4, 0.5) is 0 Å². The highest BCUT2D eigenvalue weighted by molar-refractivity contribution is 5.52. The molecule has 1 nitrogen and oxygen atoms in total. The molecule has 6 atom stereocenters. The van der Waals surface area contributed by atoms with Crippen LogP contribution in [0, 0.1) is 24.7 Å². The van der Waals surface area contributed by atoms with Crippen LogP contribution in [-0.2, 0) is 29.4 Å². The Balaban J connectivity index is 1.23. The molecule has 3 aliphatic carbocycles. The second-order valence-electron chi connectivity index (χ2n) is 13.9. The third-order valence-electron chi connectivity index (χ3n) is 11.2. The Morgan fingerprint density at radius 3 is 2.44 bits per heavy atom. The van der Waals surface area contributed by atoms with Crippen molar-refractivity contribution in [2.75, 3.05) is 7.11 Å². The molecule has 1 saturated carbocycles. The van der Waals surface area contributed by atoms with Gasteiger partial charge in [-0.25, -0.2) is 0 Å². The molecular formula is C40H52O. The van der Waals surface area contributed by atoms with Crippen molar-refractivity contribution in [2.45, 2.75) is 115 Å². The summed E-state index contributed by atoms with van der Waals surface area (Å²) in [6.07, 6.45) is 15.8. The van der Waals surface area contributed by atoms with Crippen molar-refractivity contribution in [3.05, 3.63) is 106 Å². The van der Waals surface area contributed by atoms with Gasteiger partial charge >= 0.3 is 0 Å². The van der Waals surface area contributed by atoms with E-state index in [1.807, 2.05) is 7.11 Å². The van der Waals surface area contributed by atoms with Crippen molar-refractivity contribution in [3.63, 3.8) is 0 Å². The van der Waals surface area contributed by atoms with Crippen LogP contribution in [0.2, 0.25) is 0 Å². The Bertz CT molecular complexity index is 1300. The van der Waals surface area contributed by atoms with Gasteiger partial charge < -0.3 is 4.74 Å². The molecule has 0 aliphatic heterocycles. The Kier molecular flexibility index (Phi) is 8.73. The molecule has 0 saturated heterocycles. The Labute approximate surface area is 250 Å². The smallest absolute Gasteiger partial charge is 0.0630 e. The number of unbranched alkanes of at least 4 members (excludes halogenated alkanes) is 1. The van der Waals surface area contributed by atoms with E-state index in [-0.39, 0.29) is 5.41 Å². The highest BCUT2D eigenvalue weighted by atomic mass is 16.5. The van der Waals surface area contributed by atoms with Gasteiger partial charge in [0.1, 0.15) is 0 Å². The summed E-state index contributed by atoms with van der Waals surface area (Å²) in [5.74, 6) is 2.79. The van der Waals surface area contributed by atoms with Gasteiger partial charge in [-0.2, -0.15) is 0 Å². The fourth-order valence-corrected chi connectivity index (χ4v) is 8.95. The quantitative estimate of drug-likeness (QED) is 0.232. The molecule has 41 heavy (non-hydrogen) atoms. The van der Waals surface area contributed by atoms with E-state index >= 15 is 0 Å². The van der Waals surface area contributed by atoms with Crippen molar-refractivity contribution in [1.82, 2.24) is 0 Å². The minimum Gasteiger partial charge on any atom is -0.381 e. The first-order chi connectivity index (χ1) is 20.0. The monoisotopic (exact) mass is 548 g/mol. The number of benzene rings is 3. The fourth-order valence-electron chi connectivity index (χ4n) is 8.95. The molecule has 0 bridgehead atoms. The molecule has 3 aromatic carbocycles. The van der Waals surface area contributed by atoms with Crippen LogP contribution in [0.1, 0.15) is 116 Å². The lowest BCUT2D eigenvalue weighted by atomic mass is 9.54. The zero-order chi connectivity index (χ0) is 28.4. The third kappa shape index (κ3) is 5.81. The molecule has 1 fully saturated rings. The van der Waals surface area contributed by atoms with Gasteiger partial charge in [-0.3, -0.25) is 0 Å². The summed E-state index contributed by atoms with van der Waals surface area (Å²) in [5, 5.41) is 0. The SMILES string of the molecule is CCCCC(CCCc1ccc([C@H]2c3ccc(C)cc3CC[C@]23CCCc2ccccc23)cc1)C(OC)C1CC1C. The van der Waals surface area contributed by atoms with Crippen LogP contribution in [0.25, 0.3) is 0 Å². The number of ether oxygens (including phenoxy) is 1. The number of aryl methyl sites for hydroxylation is 4. The van der Waals surface area contributed by atoms with E-state index in [1.165, 1.54) is 93.7 Å². The van der Waals surface area contributed by atoms with Gasteiger partial charge in [-0.05, 0) is 122 Å². The van der Waals surface area contributed by atoms with E-state index in [2.05, 4.69) is 87.5 Å². The lowest BCUT2D eigenvalue weighted by molar-refractivity contribution is 0.0231. The van der Waals surface area contributed by atoms with E-state index < -0.39 is 0 Å². The van der Waals surface area contributed by atoms with E-state index in [9.17, 15) is 0 Å². The number of rotatable bonds is 11. The van der Waals surface area contributed by atoms with E-state index in [1.54, 1.807) is 22.3 Å². The van der Waals surface area contributed by atoms with Crippen LogP contribution in [0.3, 0.4) is 0 Å². The van der Waals surface area contributed by atoms with Crippen molar-refractivity contribution in [1.29, 1.82) is 0 Å². The summed E-state index contributed by atoms with van der Waals surface area (Å²) in [6.45, 7) is 6.97. The first kappa shape index (κ1) is 28.7. The minimum atomic E-state index is 0.209. The summed E-state index contributed by atoms with van der Waals surface area (Å²) in [4.78, 5) is 0. The van der Waals surface area contributed by atoms with Crippen molar-refractivity contribution in [2.24, 2.45) is 17.8 Å². The normalized spacial score (nSPS) is 26.3. The predicted octanol–water partition coefficient (Wildman–Crippen LogP) is 10.1. The van der Waals surface area contributed by atoms with Crippen LogP contribution in [-0.4, -0.2) is 13.2 Å². The van der Waals surface area contributed by atoms with Gasteiger partial charge in [0.2, 0.25) is 0 Å². The molecule has 1 spiro atoms. The predicted molar refractivity (Wildman–Crippen MR) is 173 cm³/mol. The molecule has 4 unspecified atom stereocenters. The van der Waals surface area contributed by atoms with Gasteiger partial charge in [0.05, 0.1) is 6.10 Å². The van der Waals surface area contributed by atoms with Gasteiger partial charge in [0.25, 0.3) is 0 Å². The number of fused-ring (bicyclic) bond motifs is 3. The van der Waals surface area contributed by atoms with Crippen LogP contribution in [0.15, 0.2) is 66.7 Å². The number of methoxy groups -OCH3 is 1. The van der Waals surface area contributed by atoms with Gasteiger partial charge in [0.15, 0.2) is 0 Å². The molecule has 0 N–H and O–H groups in total. The summed E-state index contributed by atoms with van der Waals surface area (Å²) in [6, 6.07) is 26.5. The highest BCUT2D eigenvalue weighted by Crippen LogP contribution is 2.56. The largest absolute Gasteiger partial charge is 0.381 e. The van der Waals surface area contributed by atoms with E-state index in [4.69, 9.17) is 4.74 Å². The Morgan fingerprint density at radius 2 is 1.68 bits per heavy atom. The maximum Gasteiger partial charge on any atom is 0.0630 e. The zero-order valence-corrected chi connectivity index (χ0v) is 26.1. The topological polar surface area (TPSA) is 9.23 Å². The maximum atomic E-state index is 6.11. The van der Waals surface area contributed by atoms with E-state index in [0.29, 0.717) is 17.9 Å². The highest BCUT2D eigenvalue weighted by Gasteiger charge is 2.47. The van der Waals surface area contributed by atoms with Crippen LogP contribution >= 0.6 is 0 Å². The van der Waals surface area contributed by atoms with Gasteiger partial charge in [-0.15, -0.1) is 0 Å². The zero-order valence-electron chi connectivity index (χ0n) is 26.1. The average molecular weight is 549 g/mol. The minimum absolute atomic E-state index is 0.209. The second-order valence-corrected chi connectivity index (χ2v) is 13.9. The number of hydrogen-bond donors (Lipinski definition) is 0.